The van der Waals surface area contributed by atoms with E-state index in [-0.39, 0.29) is 21.8 Å². The summed E-state index contributed by atoms with van der Waals surface area (Å²) in [7, 11) is -2.60. The first-order chi connectivity index (χ1) is 20.1. The van der Waals surface area contributed by atoms with Gasteiger partial charge in [-0.3, -0.25) is 14.4 Å². The number of hydrogen-bond acceptors (Lipinski definition) is 6. The largest absolute Gasteiger partial charge is 0.496 e. The number of aryl methyl sites for hydroxylation is 1. The molecule has 10 heteroatoms. The summed E-state index contributed by atoms with van der Waals surface area (Å²) < 4.78 is 35.1. The van der Waals surface area contributed by atoms with Gasteiger partial charge in [0.1, 0.15) is 5.75 Å². The molecule has 5 rings (SSSR count). The predicted octanol–water partition coefficient (Wildman–Crippen LogP) is 5.00. The van der Waals surface area contributed by atoms with Crippen LogP contribution in [0.25, 0.3) is 10.9 Å². The number of carbonyl (C=O) groups excluding carboxylic acids is 2. The molecule has 3 aromatic carbocycles. The zero-order valence-electron chi connectivity index (χ0n) is 23.6. The molecule has 0 radical (unpaired) electrons. The van der Waals surface area contributed by atoms with E-state index < -0.39 is 15.9 Å². The molecule has 1 aliphatic carbocycles. The van der Waals surface area contributed by atoms with E-state index in [1.165, 1.54) is 44.2 Å². The molecule has 1 aliphatic rings. The number of ether oxygens (including phenoxy) is 1. The van der Waals surface area contributed by atoms with Crippen LogP contribution in [-0.2, 0) is 21.4 Å². The van der Waals surface area contributed by atoms with E-state index in [0.717, 1.165) is 18.4 Å². The van der Waals surface area contributed by atoms with Gasteiger partial charge in [-0.2, -0.15) is 0 Å². The van der Waals surface area contributed by atoms with E-state index in [1.807, 2.05) is 4.57 Å². The molecule has 1 heterocycles. The fraction of sp³-hybridized carbons (Fsp3) is 0.281. The molecule has 1 saturated carbocycles. The Morgan fingerprint density at radius 1 is 1.00 bits per heavy atom. The molecule has 0 spiro atoms. The van der Waals surface area contributed by atoms with E-state index >= 15 is 0 Å². The Balaban J connectivity index is 1.35. The average molecular weight is 588 g/mol. The topological polar surface area (TPSA) is 124 Å². The SMILES string of the molecule is COc1cc(C(=O)NS(=O)(=O)c2ccccc2C)ccc1Cn1ccc(=O)c2cc(NC(=O)CC3CCCC3)ccc21. The third kappa shape index (κ3) is 6.38. The minimum atomic E-state index is -4.06. The van der Waals surface area contributed by atoms with Gasteiger partial charge in [0, 0.05) is 40.9 Å². The molecule has 0 aliphatic heterocycles. The molecule has 2 N–H and O–H groups in total. The van der Waals surface area contributed by atoms with Crippen molar-refractivity contribution in [2.45, 2.75) is 50.5 Å². The number of aromatic nitrogens is 1. The summed E-state index contributed by atoms with van der Waals surface area (Å²) in [4.78, 5) is 38.2. The van der Waals surface area contributed by atoms with Gasteiger partial charge in [-0.15, -0.1) is 0 Å². The normalized spacial score (nSPS) is 13.7. The van der Waals surface area contributed by atoms with E-state index in [2.05, 4.69) is 10.0 Å². The summed E-state index contributed by atoms with van der Waals surface area (Å²) >= 11 is 0. The quantitative estimate of drug-likeness (QED) is 0.284. The van der Waals surface area contributed by atoms with Crippen LogP contribution >= 0.6 is 0 Å². The van der Waals surface area contributed by atoms with Crippen molar-refractivity contribution in [1.29, 1.82) is 0 Å². The number of methoxy groups -OCH3 is 1. The molecule has 2 amide bonds. The maximum atomic E-state index is 12.9. The maximum Gasteiger partial charge on any atom is 0.265 e. The smallest absolute Gasteiger partial charge is 0.265 e. The number of fused-ring (bicyclic) bond motifs is 1. The Morgan fingerprint density at radius 3 is 2.50 bits per heavy atom. The maximum absolute atomic E-state index is 12.9. The highest BCUT2D eigenvalue weighted by atomic mass is 32.2. The lowest BCUT2D eigenvalue weighted by Gasteiger charge is -2.16. The van der Waals surface area contributed by atoms with Crippen LogP contribution in [0.5, 0.6) is 5.75 Å². The molecule has 4 aromatic rings. The van der Waals surface area contributed by atoms with Gasteiger partial charge >= 0.3 is 0 Å². The van der Waals surface area contributed by atoms with Crippen molar-refractivity contribution in [1.82, 2.24) is 9.29 Å². The van der Waals surface area contributed by atoms with Crippen LogP contribution in [0.1, 0.15) is 53.6 Å². The van der Waals surface area contributed by atoms with Crippen molar-refractivity contribution < 1.29 is 22.7 Å². The summed E-state index contributed by atoms with van der Waals surface area (Å²) in [5.41, 5.74) is 2.45. The molecular formula is C32H33N3O6S. The second-order valence-corrected chi connectivity index (χ2v) is 12.3. The summed E-state index contributed by atoms with van der Waals surface area (Å²) in [5, 5.41) is 3.40. The Bertz CT molecular complexity index is 1820. The summed E-state index contributed by atoms with van der Waals surface area (Å²) in [5.74, 6) is -0.0105. The molecule has 42 heavy (non-hydrogen) atoms. The first-order valence-corrected chi connectivity index (χ1v) is 15.4. The van der Waals surface area contributed by atoms with Gasteiger partial charge in [-0.05, 0) is 67.6 Å². The van der Waals surface area contributed by atoms with E-state index in [1.54, 1.807) is 55.6 Å². The number of sulfonamides is 1. The Kier molecular flexibility index (Phi) is 8.44. The van der Waals surface area contributed by atoms with E-state index in [4.69, 9.17) is 4.74 Å². The summed E-state index contributed by atoms with van der Waals surface area (Å²) in [6.07, 6.45) is 6.67. The van der Waals surface area contributed by atoms with Crippen molar-refractivity contribution in [3.8, 4) is 5.75 Å². The van der Waals surface area contributed by atoms with Gasteiger partial charge in [0.15, 0.2) is 5.43 Å². The van der Waals surface area contributed by atoms with Gasteiger partial charge < -0.3 is 14.6 Å². The number of pyridine rings is 1. The van der Waals surface area contributed by atoms with Crippen LogP contribution in [-0.4, -0.2) is 31.9 Å². The second-order valence-electron chi connectivity index (χ2n) is 10.7. The Morgan fingerprint density at radius 2 is 1.76 bits per heavy atom. The van der Waals surface area contributed by atoms with Crippen molar-refractivity contribution in [2.75, 3.05) is 12.4 Å². The molecule has 218 valence electrons. The van der Waals surface area contributed by atoms with Crippen LogP contribution in [0.15, 0.2) is 82.6 Å². The lowest BCUT2D eigenvalue weighted by molar-refractivity contribution is -0.117. The van der Waals surface area contributed by atoms with E-state index in [0.29, 0.717) is 46.8 Å². The highest BCUT2D eigenvalue weighted by Gasteiger charge is 2.22. The van der Waals surface area contributed by atoms with Crippen molar-refractivity contribution >= 4 is 38.4 Å². The fourth-order valence-corrected chi connectivity index (χ4v) is 6.73. The van der Waals surface area contributed by atoms with Crippen LogP contribution < -0.4 is 20.2 Å². The predicted molar refractivity (Wildman–Crippen MR) is 161 cm³/mol. The number of hydrogen-bond donors (Lipinski definition) is 2. The van der Waals surface area contributed by atoms with Crippen molar-refractivity contribution in [2.24, 2.45) is 5.92 Å². The number of anilines is 1. The number of carbonyl (C=O) groups is 2. The van der Waals surface area contributed by atoms with Crippen LogP contribution in [0.2, 0.25) is 0 Å². The molecule has 1 aromatic heterocycles. The van der Waals surface area contributed by atoms with Gasteiger partial charge in [0.25, 0.3) is 15.9 Å². The molecular weight excluding hydrogens is 554 g/mol. The summed E-state index contributed by atoms with van der Waals surface area (Å²) in [6.45, 7) is 1.97. The van der Waals surface area contributed by atoms with Crippen molar-refractivity contribution in [3.05, 3.63) is 99.8 Å². The zero-order valence-corrected chi connectivity index (χ0v) is 24.4. The fourth-order valence-electron chi connectivity index (χ4n) is 5.51. The number of nitrogens with zero attached hydrogens (tertiary/aromatic N) is 1. The highest BCUT2D eigenvalue weighted by Crippen LogP contribution is 2.28. The lowest BCUT2D eigenvalue weighted by atomic mass is 10.0. The monoisotopic (exact) mass is 587 g/mol. The van der Waals surface area contributed by atoms with Crippen LogP contribution in [0, 0.1) is 12.8 Å². The summed E-state index contributed by atoms with van der Waals surface area (Å²) in [6, 6.07) is 17.9. The third-order valence-electron chi connectivity index (χ3n) is 7.71. The van der Waals surface area contributed by atoms with E-state index in [9.17, 15) is 22.8 Å². The second kappa shape index (κ2) is 12.2. The van der Waals surface area contributed by atoms with Gasteiger partial charge in [0.2, 0.25) is 5.91 Å². The lowest BCUT2D eigenvalue weighted by Crippen LogP contribution is -2.31. The number of nitrogens with one attached hydrogen (secondary N) is 2. The number of amides is 2. The third-order valence-corrected chi connectivity index (χ3v) is 9.20. The molecule has 1 fully saturated rings. The average Bonchev–Trinajstić information content (AvgIpc) is 3.47. The van der Waals surface area contributed by atoms with Crippen LogP contribution in [0.4, 0.5) is 5.69 Å². The van der Waals surface area contributed by atoms with Crippen LogP contribution in [0.3, 0.4) is 0 Å². The standard InChI is InChI=1S/C32H33N3O6S/c1-21-7-3-6-10-30(21)42(39,40)34-32(38)23-11-12-24(29(18-23)41-2)20-35-16-15-28(36)26-19-25(13-14-27(26)35)33-31(37)17-22-8-4-5-9-22/h3,6-7,10-16,18-19,22H,4-5,8-9,17,20H2,1-2H3,(H,33,37)(H,34,38). The molecule has 0 saturated heterocycles. The van der Waals surface area contributed by atoms with Gasteiger partial charge in [0.05, 0.1) is 24.1 Å². The minimum absolute atomic E-state index is 0.0311. The van der Waals surface area contributed by atoms with Gasteiger partial charge in [-0.25, -0.2) is 13.1 Å². The van der Waals surface area contributed by atoms with Gasteiger partial charge in [-0.1, -0.05) is 37.1 Å². The molecule has 0 unspecified atom stereocenters. The van der Waals surface area contributed by atoms with Crippen molar-refractivity contribution in [3.63, 3.8) is 0 Å². The zero-order chi connectivity index (χ0) is 29.9. The number of rotatable bonds is 9. The minimum Gasteiger partial charge on any atom is -0.496 e. The molecule has 0 bridgehead atoms. The Labute approximate surface area is 244 Å². The Hall–Kier alpha value is -4.44. The first-order valence-electron chi connectivity index (χ1n) is 13.9. The highest BCUT2D eigenvalue weighted by molar-refractivity contribution is 7.90. The first kappa shape index (κ1) is 29.1. The molecule has 0 atom stereocenters. The number of benzene rings is 3. The molecule has 9 nitrogen and oxygen atoms in total.